The van der Waals surface area contributed by atoms with Crippen molar-refractivity contribution < 1.29 is 14.4 Å². The second-order valence-electron chi connectivity index (χ2n) is 7.17. The van der Waals surface area contributed by atoms with Crippen molar-refractivity contribution in [3.8, 4) is 0 Å². The first-order valence-electron chi connectivity index (χ1n) is 9.17. The monoisotopic (exact) mass is 357 g/mol. The van der Waals surface area contributed by atoms with Crippen molar-refractivity contribution in [2.45, 2.75) is 31.2 Å². The van der Waals surface area contributed by atoms with Crippen LogP contribution in [0.3, 0.4) is 0 Å². The van der Waals surface area contributed by atoms with Gasteiger partial charge in [-0.2, -0.15) is 0 Å². The van der Waals surface area contributed by atoms with E-state index in [0.29, 0.717) is 39.0 Å². The molecule has 3 fully saturated rings. The highest BCUT2D eigenvalue weighted by Crippen LogP contribution is 2.35. The molecule has 8 nitrogen and oxygen atoms in total. The maximum atomic E-state index is 12.7. The van der Waals surface area contributed by atoms with Crippen LogP contribution in [0.15, 0.2) is 24.4 Å². The quantitative estimate of drug-likeness (QED) is 0.801. The molecule has 3 heterocycles. The molecule has 2 saturated heterocycles. The SMILES string of the molecule is O=C(CN1C(=O)NC2(CCCC2)C1=O)N1CCN(c2ccccn2)CC1. The van der Waals surface area contributed by atoms with Crippen molar-refractivity contribution in [1.82, 2.24) is 20.1 Å². The first-order chi connectivity index (χ1) is 12.6. The maximum absolute atomic E-state index is 12.7. The number of hydrogen-bond donors (Lipinski definition) is 1. The summed E-state index contributed by atoms with van der Waals surface area (Å²) in [5.74, 6) is 0.488. The molecule has 0 bridgehead atoms. The number of urea groups is 1. The van der Waals surface area contributed by atoms with E-state index < -0.39 is 11.6 Å². The number of hydrogen-bond acceptors (Lipinski definition) is 5. The smallest absolute Gasteiger partial charge is 0.325 e. The molecule has 0 unspecified atom stereocenters. The maximum Gasteiger partial charge on any atom is 0.325 e. The van der Waals surface area contributed by atoms with Gasteiger partial charge in [-0.15, -0.1) is 0 Å². The summed E-state index contributed by atoms with van der Waals surface area (Å²) in [4.78, 5) is 46.7. The average molecular weight is 357 g/mol. The van der Waals surface area contributed by atoms with E-state index >= 15 is 0 Å². The van der Waals surface area contributed by atoms with Crippen molar-refractivity contribution in [3.05, 3.63) is 24.4 Å². The van der Waals surface area contributed by atoms with Gasteiger partial charge in [0.1, 0.15) is 17.9 Å². The van der Waals surface area contributed by atoms with Crippen molar-refractivity contribution >= 4 is 23.7 Å². The van der Waals surface area contributed by atoms with Crippen LogP contribution in [0, 0.1) is 0 Å². The molecule has 8 heteroatoms. The van der Waals surface area contributed by atoms with Crippen molar-refractivity contribution in [3.63, 3.8) is 0 Å². The molecule has 1 aliphatic carbocycles. The molecule has 26 heavy (non-hydrogen) atoms. The minimum Gasteiger partial charge on any atom is -0.353 e. The molecular weight excluding hydrogens is 334 g/mol. The molecule has 0 atom stereocenters. The number of amides is 4. The van der Waals surface area contributed by atoms with Gasteiger partial charge in [-0.05, 0) is 25.0 Å². The van der Waals surface area contributed by atoms with Gasteiger partial charge in [-0.3, -0.25) is 14.5 Å². The number of carbonyl (C=O) groups excluding carboxylic acids is 3. The van der Waals surface area contributed by atoms with Gasteiger partial charge in [0.2, 0.25) is 5.91 Å². The third-order valence-corrected chi connectivity index (χ3v) is 5.60. The molecule has 1 aromatic heterocycles. The minimum atomic E-state index is -0.755. The number of imide groups is 1. The molecule has 1 aromatic rings. The fourth-order valence-corrected chi connectivity index (χ4v) is 4.10. The van der Waals surface area contributed by atoms with Gasteiger partial charge >= 0.3 is 6.03 Å². The predicted octanol–water partition coefficient (Wildman–Crippen LogP) is 0.595. The normalized spacial score (nSPS) is 22.2. The van der Waals surface area contributed by atoms with Crippen LogP contribution in [0.25, 0.3) is 0 Å². The van der Waals surface area contributed by atoms with E-state index in [0.717, 1.165) is 23.6 Å². The molecule has 3 aliphatic rings. The van der Waals surface area contributed by atoms with Crippen LogP contribution < -0.4 is 10.2 Å². The zero-order valence-electron chi connectivity index (χ0n) is 14.7. The number of anilines is 1. The Bertz CT molecular complexity index is 709. The summed E-state index contributed by atoms with van der Waals surface area (Å²) in [7, 11) is 0. The molecule has 138 valence electrons. The van der Waals surface area contributed by atoms with Crippen molar-refractivity contribution in [2.75, 3.05) is 37.6 Å². The summed E-state index contributed by atoms with van der Waals surface area (Å²) in [5.41, 5.74) is -0.755. The molecule has 2 aliphatic heterocycles. The first-order valence-corrected chi connectivity index (χ1v) is 9.17. The van der Waals surface area contributed by atoms with E-state index in [1.54, 1.807) is 11.1 Å². The fraction of sp³-hybridized carbons (Fsp3) is 0.556. The van der Waals surface area contributed by atoms with Gasteiger partial charge in [0.25, 0.3) is 5.91 Å². The standard InChI is InChI=1S/C18H23N5O3/c24-15(13-23-16(25)18(20-17(23)26)6-2-3-7-18)22-11-9-21(10-12-22)14-5-1-4-8-19-14/h1,4-5,8H,2-3,6-7,9-13H2,(H,20,26). The Hall–Kier alpha value is -2.64. The van der Waals surface area contributed by atoms with Crippen molar-refractivity contribution in [2.24, 2.45) is 0 Å². The van der Waals surface area contributed by atoms with Crippen LogP contribution in [-0.2, 0) is 9.59 Å². The highest BCUT2D eigenvalue weighted by molar-refractivity contribution is 6.09. The highest BCUT2D eigenvalue weighted by Gasteiger charge is 2.52. The van der Waals surface area contributed by atoms with E-state index in [1.807, 2.05) is 18.2 Å². The highest BCUT2D eigenvalue weighted by atomic mass is 16.2. The second-order valence-corrected chi connectivity index (χ2v) is 7.17. The third-order valence-electron chi connectivity index (χ3n) is 5.60. The van der Waals surface area contributed by atoms with E-state index in [2.05, 4.69) is 15.2 Å². The summed E-state index contributed by atoms with van der Waals surface area (Å²) in [6.07, 6.45) is 4.96. The minimum absolute atomic E-state index is 0.171. The lowest BCUT2D eigenvalue weighted by Crippen LogP contribution is -2.52. The number of rotatable bonds is 3. The number of pyridine rings is 1. The molecule has 1 saturated carbocycles. The Labute approximate surface area is 152 Å². The molecule has 1 spiro atoms. The summed E-state index contributed by atoms with van der Waals surface area (Å²) in [6, 6.07) is 5.33. The lowest BCUT2D eigenvalue weighted by molar-refractivity contribution is -0.139. The van der Waals surface area contributed by atoms with Crippen LogP contribution in [0.2, 0.25) is 0 Å². The number of aromatic nitrogens is 1. The number of nitrogens with one attached hydrogen (secondary N) is 1. The molecule has 4 rings (SSSR count). The van der Waals surface area contributed by atoms with E-state index in [-0.39, 0.29) is 18.4 Å². The summed E-state index contributed by atoms with van der Waals surface area (Å²) in [6.45, 7) is 2.32. The molecule has 0 aromatic carbocycles. The first kappa shape index (κ1) is 16.8. The lowest BCUT2D eigenvalue weighted by Gasteiger charge is -2.35. The van der Waals surface area contributed by atoms with Crippen LogP contribution in [-0.4, -0.2) is 70.9 Å². The van der Waals surface area contributed by atoms with Crippen LogP contribution in [0.5, 0.6) is 0 Å². The van der Waals surface area contributed by atoms with Gasteiger partial charge in [0.05, 0.1) is 0 Å². The Kier molecular flexibility index (Phi) is 4.26. The van der Waals surface area contributed by atoms with Crippen LogP contribution >= 0.6 is 0 Å². The van der Waals surface area contributed by atoms with Gasteiger partial charge in [0, 0.05) is 32.4 Å². The second kappa shape index (κ2) is 6.59. The molecule has 4 amide bonds. The zero-order valence-corrected chi connectivity index (χ0v) is 14.7. The van der Waals surface area contributed by atoms with Gasteiger partial charge in [-0.25, -0.2) is 9.78 Å². The number of carbonyl (C=O) groups is 3. The van der Waals surface area contributed by atoms with Crippen LogP contribution in [0.1, 0.15) is 25.7 Å². The van der Waals surface area contributed by atoms with Gasteiger partial charge < -0.3 is 15.1 Å². The number of piperazine rings is 1. The Morgan fingerprint density at radius 3 is 2.50 bits per heavy atom. The van der Waals surface area contributed by atoms with Gasteiger partial charge in [-0.1, -0.05) is 18.9 Å². The van der Waals surface area contributed by atoms with E-state index in [1.165, 1.54) is 0 Å². The summed E-state index contributed by atoms with van der Waals surface area (Å²) >= 11 is 0. The molecular formula is C18H23N5O3. The summed E-state index contributed by atoms with van der Waals surface area (Å²) in [5, 5.41) is 2.82. The van der Waals surface area contributed by atoms with Crippen LogP contribution in [0.4, 0.5) is 10.6 Å². The molecule has 1 N–H and O–H groups in total. The Morgan fingerprint density at radius 1 is 1.12 bits per heavy atom. The lowest BCUT2D eigenvalue weighted by atomic mass is 9.98. The predicted molar refractivity (Wildman–Crippen MR) is 94.5 cm³/mol. The topological polar surface area (TPSA) is 85.8 Å². The van der Waals surface area contributed by atoms with Gasteiger partial charge in [0.15, 0.2) is 0 Å². The Morgan fingerprint density at radius 2 is 1.85 bits per heavy atom. The summed E-state index contributed by atoms with van der Waals surface area (Å²) < 4.78 is 0. The van der Waals surface area contributed by atoms with E-state index in [4.69, 9.17) is 0 Å². The molecule has 0 radical (unpaired) electrons. The average Bonchev–Trinajstić information content (AvgIpc) is 3.23. The van der Waals surface area contributed by atoms with Crippen molar-refractivity contribution in [1.29, 1.82) is 0 Å². The van der Waals surface area contributed by atoms with E-state index in [9.17, 15) is 14.4 Å². The number of nitrogens with zero attached hydrogens (tertiary/aromatic N) is 4. The fourth-order valence-electron chi connectivity index (χ4n) is 4.10. The largest absolute Gasteiger partial charge is 0.353 e. The Balaban J connectivity index is 1.34. The third kappa shape index (κ3) is 2.89. The zero-order chi connectivity index (χ0) is 18.1.